The van der Waals surface area contributed by atoms with Gasteiger partial charge in [0, 0.05) is 42.2 Å². The van der Waals surface area contributed by atoms with E-state index in [2.05, 4.69) is 21.1 Å². The van der Waals surface area contributed by atoms with Crippen LogP contribution < -0.4 is 15.0 Å². The van der Waals surface area contributed by atoms with E-state index < -0.39 is 11.6 Å². The maximum Gasteiger partial charge on any atom is 0.318 e. The van der Waals surface area contributed by atoms with E-state index in [0.29, 0.717) is 39.1 Å². The van der Waals surface area contributed by atoms with Crippen molar-refractivity contribution >= 4 is 40.1 Å². The highest BCUT2D eigenvalue weighted by molar-refractivity contribution is 7.97. The minimum Gasteiger partial charge on any atom is -0.508 e. The van der Waals surface area contributed by atoms with Crippen molar-refractivity contribution in [1.29, 1.82) is 0 Å². The van der Waals surface area contributed by atoms with Crippen molar-refractivity contribution in [2.24, 2.45) is 0 Å². The molecular weight excluding hydrogens is 520 g/mol. The fourth-order valence-electron chi connectivity index (χ4n) is 6.15. The molecule has 1 saturated carbocycles. The van der Waals surface area contributed by atoms with E-state index in [0.717, 1.165) is 45.2 Å². The van der Waals surface area contributed by atoms with Gasteiger partial charge in [0.2, 0.25) is 0 Å². The Labute approximate surface area is 229 Å². The number of piperazine rings is 1. The molecule has 3 fully saturated rings. The van der Waals surface area contributed by atoms with Gasteiger partial charge in [0.1, 0.15) is 22.2 Å². The van der Waals surface area contributed by atoms with Crippen LogP contribution in [0.1, 0.15) is 48.9 Å². The van der Waals surface area contributed by atoms with Gasteiger partial charge in [-0.15, -0.1) is 6.42 Å². The average Bonchev–Trinajstić information content (AvgIpc) is 3.24. The van der Waals surface area contributed by atoms with Crippen LogP contribution in [-0.2, 0) is 0 Å². The van der Waals surface area contributed by atoms with Gasteiger partial charge in [0.15, 0.2) is 11.6 Å². The topological polar surface area (TPSA) is 73.8 Å². The predicted molar refractivity (Wildman–Crippen MR) is 148 cm³/mol. The summed E-state index contributed by atoms with van der Waals surface area (Å²) < 4.78 is 39.2. The van der Waals surface area contributed by atoms with Gasteiger partial charge >= 0.3 is 6.01 Å². The maximum absolute atomic E-state index is 16.9. The normalized spacial score (nSPS) is 22.6. The van der Waals surface area contributed by atoms with Crippen molar-refractivity contribution in [3.8, 4) is 24.1 Å². The Kier molecular flexibility index (Phi) is 5.83. The lowest BCUT2D eigenvalue weighted by Gasteiger charge is -2.43. The minimum absolute atomic E-state index is 0.0319. The molecule has 200 valence electrons. The van der Waals surface area contributed by atoms with Crippen molar-refractivity contribution in [2.45, 2.75) is 55.1 Å². The number of anilines is 1. The molecule has 2 atom stereocenters. The number of halogens is 2. The molecule has 10 heteroatoms. The Morgan fingerprint density at radius 1 is 1.13 bits per heavy atom. The van der Waals surface area contributed by atoms with Crippen molar-refractivity contribution in [1.82, 2.24) is 19.6 Å². The molecule has 4 aliphatic rings. The van der Waals surface area contributed by atoms with Crippen LogP contribution in [0.25, 0.3) is 22.3 Å². The van der Waals surface area contributed by atoms with Crippen molar-refractivity contribution in [3.05, 3.63) is 46.9 Å². The Balaban J connectivity index is 1.48. The number of benzene rings is 2. The van der Waals surface area contributed by atoms with E-state index in [4.69, 9.17) is 16.1 Å². The van der Waals surface area contributed by atoms with E-state index in [1.807, 2.05) is 4.31 Å². The number of rotatable bonds is 4. The standard InChI is InChI=1S/C29H27F2N5O2S/c1-3-20-22(30)10-7-15-11-19(37)12-21(23(15)20)26-24(31)25-27(39-36(26)18-5-4-6-18)28(34-29(33-25)38-2)35-13-16-8-9-17(14-35)32-16/h1,7,10-12,16-18,32,37H,4-6,8-9,13-14H2,2H3. The third-order valence-electron chi connectivity index (χ3n) is 8.21. The number of hydrogen-bond donors (Lipinski definition) is 2. The number of ether oxygens (including phenoxy) is 1. The fourth-order valence-corrected chi connectivity index (χ4v) is 7.45. The lowest BCUT2D eigenvalue weighted by atomic mass is 9.90. The molecule has 0 amide bonds. The first-order valence-corrected chi connectivity index (χ1v) is 14.0. The molecule has 3 aliphatic heterocycles. The van der Waals surface area contributed by atoms with Gasteiger partial charge in [-0.1, -0.05) is 12.0 Å². The molecule has 2 aromatic carbocycles. The first-order chi connectivity index (χ1) is 18.9. The molecule has 39 heavy (non-hydrogen) atoms. The number of fused-ring (bicyclic) bond motifs is 4. The highest BCUT2D eigenvalue weighted by Crippen LogP contribution is 2.53. The summed E-state index contributed by atoms with van der Waals surface area (Å²) in [5.74, 6) is 1.90. The van der Waals surface area contributed by atoms with E-state index in [9.17, 15) is 9.50 Å². The molecule has 2 bridgehead atoms. The summed E-state index contributed by atoms with van der Waals surface area (Å²) >= 11 is 1.41. The second-order valence-electron chi connectivity index (χ2n) is 10.6. The van der Waals surface area contributed by atoms with Gasteiger partial charge in [0.05, 0.1) is 18.4 Å². The molecule has 2 unspecified atom stereocenters. The Hall–Kier alpha value is -3.55. The summed E-state index contributed by atoms with van der Waals surface area (Å²) in [6, 6.07) is 6.65. The van der Waals surface area contributed by atoms with Crippen LogP contribution in [0, 0.1) is 18.2 Å². The summed E-state index contributed by atoms with van der Waals surface area (Å²) in [6.07, 6.45) is 10.7. The first-order valence-electron chi connectivity index (χ1n) is 13.2. The Morgan fingerprint density at radius 3 is 2.56 bits per heavy atom. The maximum atomic E-state index is 16.9. The van der Waals surface area contributed by atoms with Crippen molar-refractivity contribution < 1.29 is 18.6 Å². The van der Waals surface area contributed by atoms with Crippen LogP contribution in [0.3, 0.4) is 0 Å². The highest BCUT2D eigenvalue weighted by atomic mass is 32.2. The van der Waals surface area contributed by atoms with Crippen molar-refractivity contribution in [3.63, 3.8) is 0 Å². The smallest absolute Gasteiger partial charge is 0.318 e. The quantitative estimate of drug-likeness (QED) is 0.346. The van der Waals surface area contributed by atoms with E-state index in [-0.39, 0.29) is 34.8 Å². The molecule has 0 spiro atoms. The van der Waals surface area contributed by atoms with E-state index in [1.165, 1.54) is 37.3 Å². The van der Waals surface area contributed by atoms with Gasteiger partial charge in [0.25, 0.3) is 0 Å². The summed E-state index contributed by atoms with van der Waals surface area (Å²) in [7, 11) is 1.47. The summed E-state index contributed by atoms with van der Waals surface area (Å²) in [5, 5.41) is 15.2. The monoisotopic (exact) mass is 547 g/mol. The Bertz CT molecular complexity index is 1570. The second-order valence-corrected chi connectivity index (χ2v) is 11.6. The number of terminal acetylenes is 1. The van der Waals surface area contributed by atoms with Crippen LogP contribution in [0.4, 0.5) is 14.6 Å². The third kappa shape index (κ3) is 3.90. The van der Waals surface area contributed by atoms with Gasteiger partial charge in [-0.05, 0) is 67.6 Å². The summed E-state index contributed by atoms with van der Waals surface area (Å²) in [6.45, 7) is 1.54. The SMILES string of the molecule is C#Cc1c(F)ccc2cc(O)cc(C3=C(F)c4nc(OC)nc(N5CC6CCC(C5)N6)c4SN3C3CCC3)c12. The number of aromatic hydroxyl groups is 1. The zero-order valence-electron chi connectivity index (χ0n) is 21.4. The van der Waals surface area contributed by atoms with E-state index >= 15 is 4.39 Å². The minimum atomic E-state index is -0.574. The zero-order chi connectivity index (χ0) is 26.8. The summed E-state index contributed by atoms with van der Waals surface area (Å²) in [5.41, 5.74) is 0.726. The third-order valence-corrected chi connectivity index (χ3v) is 9.45. The first kappa shape index (κ1) is 24.5. The lowest BCUT2D eigenvalue weighted by molar-refractivity contribution is 0.294. The molecule has 4 heterocycles. The van der Waals surface area contributed by atoms with E-state index in [1.54, 1.807) is 6.07 Å². The number of hydrogen-bond acceptors (Lipinski definition) is 8. The predicted octanol–water partition coefficient (Wildman–Crippen LogP) is 5.08. The van der Waals surface area contributed by atoms with Crippen LogP contribution in [0.2, 0.25) is 0 Å². The Morgan fingerprint density at radius 2 is 1.90 bits per heavy atom. The number of phenolic OH excluding ortho intramolecular Hbond substituents is 1. The van der Waals surface area contributed by atoms with Gasteiger partial charge in [-0.2, -0.15) is 9.97 Å². The number of phenols is 1. The number of nitrogens with one attached hydrogen (secondary N) is 1. The lowest BCUT2D eigenvalue weighted by Crippen LogP contribution is -2.51. The molecule has 1 aromatic heterocycles. The fraction of sp³-hybridized carbons (Fsp3) is 0.379. The molecule has 7 rings (SSSR count). The number of methoxy groups -OCH3 is 1. The zero-order valence-corrected chi connectivity index (χ0v) is 22.2. The molecule has 2 saturated heterocycles. The van der Waals surface area contributed by atoms with Gasteiger partial charge in [-0.25, -0.2) is 8.78 Å². The largest absolute Gasteiger partial charge is 0.508 e. The van der Waals surface area contributed by atoms with Crippen molar-refractivity contribution in [2.75, 3.05) is 25.1 Å². The molecule has 0 radical (unpaired) electrons. The number of nitrogens with zero attached hydrogens (tertiary/aromatic N) is 4. The molecule has 1 aliphatic carbocycles. The van der Waals surface area contributed by atoms with Crippen LogP contribution in [-0.4, -0.2) is 57.7 Å². The van der Waals surface area contributed by atoms with Crippen LogP contribution in [0.5, 0.6) is 11.8 Å². The molecular formula is C29H27F2N5O2S. The van der Waals surface area contributed by atoms with Gasteiger partial charge < -0.3 is 24.4 Å². The number of aromatic nitrogens is 2. The molecule has 3 aromatic rings. The van der Waals surface area contributed by atoms with Gasteiger partial charge in [-0.3, -0.25) is 0 Å². The van der Waals surface area contributed by atoms with Crippen LogP contribution >= 0.6 is 11.9 Å². The highest BCUT2D eigenvalue weighted by Gasteiger charge is 2.41. The second kappa shape index (κ2) is 9.28. The summed E-state index contributed by atoms with van der Waals surface area (Å²) in [4.78, 5) is 12.0. The average molecular weight is 548 g/mol. The molecule has 7 nitrogen and oxygen atoms in total. The molecule has 2 N–H and O–H groups in total. The van der Waals surface area contributed by atoms with Crippen LogP contribution in [0.15, 0.2) is 29.2 Å².